The lowest BCUT2D eigenvalue weighted by Crippen LogP contribution is -2.45. The molecule has 0 bridgehead atoms. The highest BCUT2D eigenvalue weighted by atomic mass is 127. The van der Waals surface area contributed by atoms with Gasteiger partial charge in [-0.15, -0.1) is 24.0 Å². The van der Waals surface area contributed by atoms with Crippen LogP contribution in [0.3, 0.4) is 0 Å². The lowest BCUT2D eigenvalue weighted by Gasteiger charge is -2.20. The van der Waals surface area contributed by atoms with Gasteiger partial charge in [-0.3, -0.25) is 9.89 Å². The van der Waals surface area contributed by atoms with Crippen molar-refractivity contribution in [2.75, 3.05) is 66.6 Å². The summed E-state index contributed by atoms with van der Waals surface area (Å²) >= 11 is 0. The highest BCUT2D eigenvalue weighted by molar-refractivity contribution is 14.0. The lowest BCUT2D eigenvalue weighted by atomic mass is 10.3. The molecule has 10 heteroatoms. The van der Waals surface area contributed by atoms with E-state index < -0.39 is 12.7 Å². The van der Waals surface area contributed by atoms with Crippen molar-refractivity contribution in [1.29, 1.82) is 0 Å². The van der Waals surface area contributed by atoms with E-state index in [-0.39, 0.29) is 30.0 Å². The van der Waals surface area contributed by atoms with Crippen LogP contribution < -0.4 is 10.6 Å². The number of aliphatic imine (C=N–C) groups is 1. The minimum Gasteiger partial charge on any atom is -0.383 e. The normalized spacial score (nSPS) is 18.9. The molecule has 1 aliphatic rings. The Bertz CT molecular complexity index is 399. The second-order valence-corrected chi connectivity index (χ2v) is 6.39. The molecule has 1 fully saturated rings. The van der Waals surface area contributed by atoms with E-state index in [0.29, 0.717) is 38.6 Å². The van der Waals surface area contributed by atoms with Crippen LogP contribution in [0.1, 0.15) is 19.8 Å². The van der Waals surface area contributed by atoms with Crippen molar-refractivity contribution in [2.45, 2.75) is 32.0 Å². The Morgan fingerprint density at radius 2 is 2.08 bits per heavy atom. The number of likely N-dealkylation sites (N-methyl/N-ethyl adjacent to an activating group) is 1. The SMILES string of the molecule is CCNC(=NCCCN(C)CCOC)NC1CCN(CC(F)(F)F)C1.I. The van der Waals surface area contributed by atoms with E-state index in [1.165, 1.54) is 4.90 Å². The van der Waals surface area contributed by atoms with Crippen LogP contribution in [0, 0.1) is 0 Å². The van der Waals surface area contributed by atoms with E-state index >= 15 is 0 Å². The molecule has 2 N–H and O–H groups in total. The number of nitrogens with zero attached hydrogens (tertiary/aromatic N) is 3. The molecule has 1 atom stereocenters. The third kappa shape index (κ3) is 12.1. The molecule has 0 saturated carbocycles. The molecule has 0 radical (unpaired) electrons. The summed E-state index contributed by atoms with van der Waals surface area (Å²) in [5, 5.41) is 6.41. The standard InChI is InChI=1S/C16H32F3N5O.HI/c1-4-20-15(21-7-5-8-23(2)10-11-25-3)22-14-6-9-24(12-14)13-16(17,18)19;/h14H,4-13H2,1-3H3,(H2,20,21,22);1H. The zero-order valence-corrected chi connectivity index (χ0v) is 18.3. The van der Waals surface area contributed by atoms with Crippen LogP contribution >= 0.6 is 24.0 Å². The van der Waals surface area contributed by atoms with Crippen LogP contribution in [0.4, 0.5) is 13.2 Å². The second-order valence-electron chi connectivity index (χ2n) is 6.39. The van der Waals surface area contributed by atoms with Gasteiger partial charge in [0.05, 0.1) is 13.2 Å². The molecule has 0 aromatic carbocycles. The van der Waals surface area contributed by atoms with Crippen LogP contribution in [-0.2, 0) is 4.74 Å². The van der Waals surface area contributed by atoms with Gasteiger partial charge in [0.1, 0.15) is 0 Å². The fourth-order valence-corrected chi connectivity index (χ4v) is 2.75. The topological polar surface area (TPSA) is 52.1 Å². The maximum atomic E-state index is 12.5. The largest absolute Gasteiger partial charge is 0.401 e. The quantitative estimate of drug-likeness (QED) is 0.210. The van der Waals surface area contributed by atoms with Gasteiger partial charge in [-0.25, -0.2) is 0 Å². The summed E-state index contributed by atoms with van der Waals surface area (Å²) in [4.78, 5) is 8.15. The summed E-state index contributed by atoms with van der Waals surface area (Å²) in [6.07, 6.45) is -2.52. The van der Waals surface area contributed by atoms with Crippen molar-refractivity contribution < 1.29 is 17.9 Å². The van der Waals surface area contributed by atoms with E-state index in [2.05, 4.69) is 20.5 Å². The number of methoxy groups -OCH3 is 1. The van der Waals surface area contributed by atoms with Gasteiger partial charge >= 0.3 is 6.18 Å². The van der Waals surface area contributed by atoms with Crippen LogP contribution in [0.15, 0.2) is 4.99 Å². The smallest absolute Gasteiger partial charge is 0.383 e. The van der Waals surface area contributed by atoms with E-state index in [1.54, 1.807) is 7.11 Å². The van der Waals surface area contributed by atoms with Crippen LogP contribution in [0.25, 0.3) is 0 Å². The molecule has 0 aromatic heterocycles. The van der Waals surface area contributed by atoms with Gasteiger partial charge in [-0.1, -0.05) is 0 Å². The summed E-state index contributed by atoms with van der Waals surface area (Å²) in [5.74, 6) is 0.681. The third-order valence-corrected chi connectivity index (χ3v) is 4.01. The molecule has 1 aliphatic heterocycles. The predicted molar refractivity (Wildman–Crippen MR) is 109 cm³/mol. The molecule has 1 rings (SSSR count). The van der Waals surface area contributed by atoms with Crippen LogP contribution in [0.2, 0.25) is 0 Å². The first kappa shape index (κ1) is 25.7. The molecule has 0 amide bonds. The Morgan fingerprint density at radius 1 is 1.35 bits per heavy atom. The highest BCUT2D eigenvalue weighted by Crippen LogP contribution is 2.19. The second kappa shape index (κ2) is 13.8. The number of hydrogen-bond donors (Lipinski definition) is 2. The van der Waals surface area contributed by atoms with Crippen LogP contribution in [-0.4, -0.2) is 94.6 Å². The highest BCUT2D eigenvalue weighted by Gasteiger charge is 2.34. The summed E-state index contributed by atoms with van der Waals surface area (Å²) in [6, 6.07) is 0.00419. The molecule has 26 heavy (non-hydrogen) atoms. The number of rotatable bonds is 10. The first-order chi connectivity index (χ1) is 11.8. The van der Waals surface area contributed by atoms with Crippen molar-refractivity contribution in [3.8, 4) is 0 Å². The average Bonchev–Trinajstić information content (AvgIpc) is 2.94. The molecular weight excluding hydrogens is 462 g/mol. The Labute approximate surface area is 171 Å². The fraction of sp³-hybridized carbons (Fsp3) is 0.938. The molecule has 0 aromatic rings. The minimum absolute atomic E-state index is 0. The van der Waals surface area contributed by atoms with Gasteiger partial charge in [0.2, 0.25) is 0 Å². The first-order valence-electron chi connectivity index (χ1n) is 8.85. The summed E-state index contributed by atoms with van der Waals surface area (Å²) in [5.41, 5.74) is 0. The predicted octanol–water partition coefficient (Wildman–Crippen LogP) is 1.76. The van der Waals surface area contributed by atoms with Gasteiger partial charge in [0.25, 0.3) is 0 Å². The molecule has 1 heterocycles. The summed E-state index contributed by atoms with van der Waals surface area (Å²) in [7, 11) is 3.73. The van der Waals surface area contributed by atoms with Crippen LogP contribution in [0.5, 0.6) is 0 Å². The first-order valence-corrected chi connectivity index (χ1v) is 8.85. The van der Waals surface area contributed by atoms with Crippen molar-refractivity contribution in [3.63, 3.8) is 0 Å². The number of guanidine groups is 1. The molecule has 0 aliphatic carbocycles. The molecule has 156 valence electrons. The average molecular weight is 495 g/mol. The molecule has 1 unspecified atom stereocenters. The molecule has 6 nitrogen and oxygen atoms in total. The fourth-order valence-electron chi connectivity index (χ4n) is 2.75. The minimum atomic E-state index is -4.14. The zero-order chi connectivity index (χ0) is 18.7. The van der Waals surface area contributed by atoms with Gasteiger partial charge in [-0.2, -0.15) is 13.2 Å². The van der Waals surface area contributed by atoms with Crippen molar-refractivity contribution >= 4 is 29.9 Å². The number of nitrogens with one attached hydrogen (secondary N) is 2. The number of halogens is 4. The number of ether oxygens (including phenoxy) is 1. The van der Waals surface area contributed by atoms with E-state index in [4.69, 9.17) is 4.74 Å². The van der Waals surface area contributed by atoms with Gasteiger partial charge in [0.15, 0.2) is 5.96 Å². The lowest BCUT2D eigenvalue weighted by molar-refractivity contribution is -0.143. The van der Waals surface area contributed by atoms with Crippen molar-refractivity contribution in [3.05, 3.63) is 0 Å². The Hall–Kier alpha value is -0.330. The van der Waals surface area contributed by atoms with Gasteiger partial charge in [0, 0.05) is 45.9 Å². The Kier molecular flexibility index (Phi) is 13.6. The van der Waals surface area contributed by atoms with E-state index in [9.17, 15) is 13.2 Å². The summed E-state index contributed by atoms with van der Waals surface area (Å²) in [6.45, 7) is 5.90. The van der Waals surface area contributed by atoms with Crippen molar-refractivity contribution in [1.82, 2.24) is 20.4 Å². The Balaban J connectivity index is 0.00000625. The maximum Gasteiger partial charge on any atom is 0.401 e. The maximum absolute atomic E-state index is 12.5. The number of hydrogen-bond acceptors (Lipinski definition) is 4. The number of likely N-dealkylation sites (tertiary alicyclic amines) is 1. The van der Waals surface area contributed by atoms with E-state index in [0.717, 1.165) is 26.1 Å². The molecule has 1 saturated heterocycles. The molecule has 0 spiro atoms. The number of alkyl halides is 3. The third-order valence-electron chi connectivity index (χ3n) is 4.01. The molecular formula is C16H33F3IN5O. The van der Waals surface area contributed by atoms with Crippen molar-refractivity contribution in [2.24, 2.45) is 4.99 Å². The Morgan fingerprint density at radius 3 is 2.69 bits per heavy atom. The zero-order valence-electron chi connectivity index (χ0n) is 15.9. The monoisotopic (exact) mass is 495 g/mol. The van der Waals surface area contributed by atoms with Gasteiger partial charge in [-0.05, 0) is 33.4 Å². The van der Waals surface area contributed by atoms with E-state index in [1.807, 2.05) is 14.0 Å². The summed E-state index contributed by atoms with van der Waals surface area (Å²) < 4.78 is 42.4. The van der Waals surface area contributed by atoms with Gasteiger partial charge < -0.3 is 20.3 Å².